The molecule has 0 rings (SSSR count). The Balaban J connectivity index is 4.14. The summed E-state index contributed by atoms with van der Waals surface area (Å²) < 4.78 is 36.3. The largest absolute Gasteiger partial charge is 0.401 e. The van der Waals surface area contributed by atoms with Crippen LogP contribution in [0.2, 0.25) is 0 Å². The molecule has 0 aromatic carbocycles. The molecule has 0 saturated heterocycles. The number of nitrogens with one attached hydrogen (secondary N) is 1. The van der Waals surface area contributed by atoms with Crippen LogP contribution in [0.25, 0.3) is 0 Å². The molecule has 0 aliphatic rings. The van der Waals surface area contributed by atoms with Gasteiger partial charge in [-0.25, -0.2) is 0 Å². The van der Waals surface area contributed by atoms with Crippen LogP contribution in [0.15, 0.2) is 0 Å². The topological polar surface area (TPSA) is 35.5 Å². The van der Waals surface area contributed by atoms with Gasteiger partial charge in [-0.2, -0.15) is 13.2 Å². The molecule has 17 heavy (non-hydrogen) atoms. The van der Waals surface area contributed by atoms with E-state index < -0.39 is 18.3 Å². The van der Waals surface area contributed by atoms with E-state index in [0.717, 1.165) is 0 Å². The third-order valence-electron chi connectivity index (χ3n) is 2.48. The second-order valence-electron chi connectivity index (χ2n) is 5.12. The maximum Gasteiger partial charge on any atom is 0.401 e. The van der Waals surface area contributed by atoms with Crippen LogP contribution in [0.4, 0.5) is 13.2 Å². The van der Waals surface area contributed by atoms with E-state index in [0.29, 0.717) is 6.42 Å². The number of hydrogen-bond acceptors (Lipinski definition) is 3. The maximum atomic E-state index is 12.1. The first-order valence-electron chi connectivity index (χ1n) is 5.72. The van der Waals surface area contributed by atoms with E-state index in [2.05, 4.69) is 5.32 Å². The van der Waals surface area contributed by atoms with E-state index in [1.807, 2.05) is 20.8 Å². The lowest BCUT2D eigenvalue weighted by Crippen LogP contribution is -2.51. The number of alkyl halides is 3. The molecule has 0 amide bonds. The second-order valence-corrected chi connectivity index (χ2v) is 5.12. The molecule has 6 heteroatoms. The minimum absolute atomic E-state index is 0.0922. The van der Waals surface area contributed by atoms with Gasteiger partial charge in [-0.1, -0.05) is 13.8 Å². The summed E-state index contributed by atoms with van der Waals surface area (Å²) in [4.78, 5) is 1.22. The van der Waals surface area contributed by atoms with Crippen molar-refractivity contribution in [1.82, 2.24) is 10.2 Å². The van der Waals surface area contributed by atoms with Gasteiger partial charge in [0.25, 0.3) is 0 Å². The molecule has 0 aliphatic carbocycles. The molecule has 1 unspecified atom stereocenters. The smallest absolute Gasteiger partial charge is 0.394 e. The van der Waals surface area contributed by atoms with Crippen LogP contribution in [-0.2, 0) is 0 Å². The van der Waals surface area contributed by atoms with Gasteiger partial charge in [0, 0.05) is 11.6 Å². The van der Waals surface area contributed by atoms with Gasteiger partial charge in [0.15, 0.2) is 0 Å². The Morgan fingerprint density at radius 1 is 1.29 bits per heavy atom. The number of rotatable bonds is 7. The number of hydrogen-bond donors (Lipinski definition) is 2. The number of halogens is 3. The van der Waals surface area contributed by atoms with Gasteiger partial charge in [-0.15, -0.1) is 0 Å². The summed E-state index contributed by atoms with van der Waals surface area (Å²) >= 11 is 0. The van der Waals surface area contributed by atoms with Crippen LogP contribution in [-0.4, -0.2) is 54.5 Å². The zero-order valence-electron chi connectivity index (χ0n) is 10.9. The number of nitrogens with zero attached hydrogens (tertiary/aromatic N) is 1. The Hall–Kier alpha value is -0.330. The van der Waals surface area contributed by atoms with Gasteiger partial charge in [-0.3, -0.25) is 4.90 Å². The highest BCUT2D eigenvalue weighted by Gasteiger charge is 2.30. The Labute approximate surface area is 101 Å². The van der Waals surface area contributed by atoms with Crippen molar-refractivity contribution in [1.29, 1.82) is 0 Å². The summed E-state index contributed by atoms with van der Waals surface area (Å²) in [5, 5.41) is 12.4. The first kappa shape index (κ1) is 16.7. The third-order valence-corrected chi connectivity index (χ3v) is 2.48. The lowest BCUT2D eigenvalue weighted by molar-refractivity contribution is -0.143. The zero-order chi connectivity index (χ0) is 13.7. The van der Waals surface area contributed by atoms with Crippen molar-refractivity contribution in [3.05, 3.63) is 0 Å². The summed E-state index contributed by atoms with van der Waals surface area (Å²) in [6.07, 6.45) is -3.70. The standard InChI is InChI=1S/C11H23F3N2O/c1-9(2)15-10(3,8-17)5-6-16(4)7-11(12,13)14/h9,15,17H,5-8H2,1-4H3. The van der Waals surface area contributed by atoms with Gasteiger partial charge in [0.1, 0.15) is 0 Å². The molecule has 0 aromatic rings. The lowest BCUT2D eigenvalue weighted by atomic mass is 9.97. The molecule has 0 bridgehead atoms. The molecular formula is C11H23F3N2O. The fourth-order valence-corrected chi connectivity index (χ4v) is 1.72. The summed E-state index contributed by atoms with van der Waals surface area (Å²) in [6, 6.07) is 0.181. The number of aliphatic hydroxyl groups excluding tert-OH is 1. The molecule has 1 atom stereocenters. The van der Waals surface area contributed by atoms with Crippen molar-refractivity contribution in [3.8, 4) is 0 Å². The van der Waals surface area contributed by atoms with Gasteiger partial charge in [0.05, 0.1) is 13.2 Å². The predicted molar refractivity (Wildman–Crippen MR) is 61.9 cm³/mol. The average Bonchev–Trinajstić information content (AvgIpc) is 2.11. The van der Waals surface area contributed by atoms with E-state index in [9.17, 15) is 18.3 Å². The van der Waals surface area contributed by atoms with E-state index in [1.165, 1.54) is 11.9 Å². The van der Waals surface area contributed by atoms with Gasteiger partial charge in [-0.05, 0) is 26.9 Å². The van der Waals surface area contributed by atoms with Crippen molar-refractivity contribution in [2.45, 2.75) is 44.9 Å². The molecular weight excluding hydrogens is 233 g/mol. The molecule has 0 heterocycles. The predicted octanol–water partition coefficient (Wildman–Crippen LogP) is 1.62. The Morgan fingerprint density at radius 3 is 2.18 bits per heavy atom. The van der Waals surface area contributed by atoms with E-state index in [-0.39, 0.29) is 19.2 Å². The van der Waals surface area contributed by atoms with Crippen LogP contribution in [0.5, 0.6) is 0 Å². The Bertz CT molecular complexity index is 221. The lowest BCUT2D eigenvalue weighted by Gasteiger charge is -2.33. The third kappa shape index (κ3) is 8.40. The average molecular weight is 256 g/mol. The Kier molecular flexibility index (Phi) is 6.43. The second kappa shape index (κ2) is 6.56. The molecule has 3 nitrogen and oxygen atoms in total. The molecule has 0 saturated carbocycles. The van der Waals surface area contributed by atoms with E-state index in [4.69, 9.17) is 0 Å². The first-order chi connectivity index (χ1) is 7.58. The van der Waals surface area contributed by atoms with Crippen molar-refractivity contribution < 1.29 is 18.3 Å². The number of aliphatic hydroxyl groups is 1. The van der Waals surface area contributed by atoms with Crippen LogP contribution in [0.3, 0.4) is 0 Å². The Morgan fingerprint density at radius 2 is 1.82 bits per heavy atom. The van der Waals surface area contributed by atoms with E-state index >= 15 is 0 Å². The van der Waals surface area contributed by atoms with Crippen molar-refractivity contribution in [3.63, 3.8) is 0 Å². The quantitative estimate of drug-likeness (QED) is 0.726. The highest BCUT2D eigenvalue weighted by molar-refractivity contribution is 4.84. The monoisotopic (exact) mass is 256 g/mol. The molecule has 104 valence electrons. The van der Waals surface area contributed by atoms with Crippen LogP contribution >= 0.6 is 0 Å². The normalized spacial score (nSPS) is 16.6. The van der Waals surface area contributed by atoms with Crippen molar-refractivity contribution in [2.24, 2.45) is 0 Å². The van der Waals surface area contributed by atoms with Crippen LogP contribution in [0.1, 0.15) is 27.2 Å². The van der Waals surface area contributed by atoms with Gasteiger partial charge in [0.2, 0.25) is 0 Å². The van der Waals surface area contributed by atoms with Crippen molar-refractivity contribution in [2.75, 3.05) is 26.7 Å². The summed E-state index contributed by atoms with van der Waals surface area (Å²) in [6.45, 7) is 4.96. The molecule has 0 aromatic heterocycles. The van der Waals surface area contributed by atoms with E-state index in [1.54, 1.807) is 0 Å². The summed E-state index contributed by atoms with van der Waals surface area (Å²) in [5.74, 6) is 0. The highest BCUT2D eigenvalue weighted by atomic mass is 19.4. The van der Waals surface area contributed by atoms with Crippen LogP contribution < -0.4 is 5.32 Å². The first-order valence-corrected chi connectivity index (χ1v) is 5.72. The van der Waals surface area contributed by atoms with Gasteiger partial charge < -0.3 is 10.4 Å². The minimum atomic E-state index is -4.17. The summed E-state index contributed by atoms with van der Waals surface area (Å²) in [7, 11) is 1.43. The molecule has 0 aliphatic heterocycles. The molecule has 0 spiro atoms. The van der Waals surface area contributed by atoms with Crippen molar-refractivity contribution >= 4 is 0 Å². The zero-order valence-corrected chi connectivity index (χ0v) is 10.9. The maximum absolute atomic E-state index is 12.1. The van der Waals surface area contributed by atoms with Gasteiger partial charge >= 0.3 is 6.18 Å². The van der Waals surface area contributed by atoms with Crippen LogP contribution in [0, 0.1) is 0 Å². The fourth-order valence-electron chi connectivity index (χ4n) is 1.72. The minimum Gasteiger partial charge on any atom is -0.394 e. The molecule has 0 fully saturated rings. The molecule has 2 N–H and O–H groups in total. The molecule has 0 radical (unpaired) electrons. The SMILES string of the molecule is CC(C)NC(C)(CO)CCN(C)CC(F)(F)F. The highest BCUT2D eigenvalue weighted by Crippen LogP contribution is 2.17. The summed E-state index contributed by atoms with van der Waals surface area (Å²) in [5.41, 5.74) is -0.534. The fraction of sp³-hybridized carbons (Fsp3) is 1.00.